The number of amides is 1. The summed E-state index contributed by atoms with van der Waals surface area (Å²) in [6.07, 6.45) is 2.80. The third-order valence-electron chi connectivity index (χ3n) is 3.70. The van der Waals surface area contributed by atoms with Crippen LogP contribution in [0, 0.1) is 0 Å². The minimum atomic E-state index is 0.0383. The predicted molar refractivity (Wildman–Crippen MR) is 74.0 cm³/mol. The second kappa shape index (κ2) is 4.59. The zero-order chi connectivity index (χ0) is 13.4. The first-order valence-corrected chi connectivity index (χ1v) is 6.37. The third kappa shape index (κ3) is 2.06. The molecule has 19 heavy (non-hydrogen) atoms. The first-order valence-electron chi connectivity index (χ1n) is 6.37. The Labute approximate surface area is 111 Å². The Hall–Kier alpha value is -2.01. The molecule has 0 spiro atoms. The van der Waals surface area contributed by atoms with E-state index in [0.29, 0.717) is 17.8 Å². The van der Waals surface area contributed by atoms with Crippen molar-refractivity contribution in [3.63, 3.8) is 0 Å². The Kier molecular flexibility index (Phi) is 2.91. The van der Waals surface area contributed by atoms with Gasteiger partial charge in [0.15, 0.2) is 0 Å². The fraction of sp³-hybridized carbons (Fsp3) is 0.357. The van der Waals surface area contributed by atoms with E-state index in [0.717, 1.165) is 23.9 Å². The molecule has 3 rings (SSSR count). The first-order chi connectivity index (χ1) is 9.19. The highest BCUT2D eigenvalue weighted by molar-refractivity contribution is 6.07. The minimum Gasteiger partial charge on any atom is -0.399 e. The van der Waals surface area contributed by atoms with E-state index in [1.165, 1.54) is 0 Å². The van der Waals surface area contributed by atoms with Gasteiger partial charge in [-0.1, -0.05) is 0 Å². The van der Waals surface area contributed by atoms with Crippen LogP contribution in [0.3, 0.4) is 0 Å². The highest BCUT2D eigenvalue weighted by Crippen LogP contribution is 2.24. The average molecular weight is 259 g/mol. The number of likely N-dealkylation sites (tertiary alicyclic amines) is 1. The fourth-order valence-electron chi connectivity index (χ4n) is 2.59. The molecule has 100 valence electrons. The second-order valence-corrected chi connectivity index (χ2v) is 4.90. The number of H-pyrrole nitrogens is 1. The molecule has 1 fully saturated rings. The maximum absolute atomic E-state index is 12.5. The molecule has 5 heteroatoms. The van der Waals surface area contributed by atoms with Crippen molar-refractivity contribution >= 4 is 22.5 Å². The molecule has 0 bridgehead atoms. The number of nitrogens with two attached hydrogens (primary N) is 1. The van der Waals surface area contributed by atoms with Crippen molar-refractivity contribution in [3.05, 3.63) is 30.0 Å². The molecule has 5 nitrogen and oxygen atoms in total. The van der Waals surface area contributed by atoms with Crippen molar-refractivity contribution in [1.29, 1.82) is 0 Å². The number of nitrogen functional groups attached to an aromatic ring is 1. The number of aromatic amines is 1. The van der Waals surface area contributed by atoms with Crippen molar-refractivity contribution in [2.75, 3.05) is 25.9 Å². The third-order valence-corrected chi connectivity index (χ3v) is 3.70. The first kappa shape index (κ1) is 12.0. The molecular weight excluding hydrogens is 242 g/mol. The maximum atomic E-state index is 12.5. The average Bonchev–Trinajstić information content (AvgIpc) is 3.04. The number of carbonyl (C=O) groups is 1. The highest BCUT2D eigenvalue weighted by Gasteiger charge is 2.28. The van der Waals surface area contributed by atoms with E-state index in [4.69, 9.17) is 10.5 Å². The SMILES string of the molecule is COC1CCN(C(=O)c2c[nH]c3ccc(N)cc23)C1. The summed E-state index contributed by atoms with van der Waals surface area (Å²) in [5.74, 6) is 0.0383. The summed E-state index contributed by atoms with van der Waals surface area (Å²) in [7, 11) is 1.69. The maximum Gasteiger partial charge on any atom is 0.256 e. The zero-order valence-corrected chi connectivity index (χ0v) is 10.8. The zero-order valence-electron chi connectivity index (χ0n) is 10.8. The lowest BCUT2D eigenvalue weighted by molar-refractivity contribution is 0.0726. The van der Waals surface area contributed by atoms with Gasteiger partial charge in [-0.05, 0) is 24.6 Å². The number of fused-ring (bicyclic) bond motifs is 1. The van der Waals surface area contributed by atoms with Gasteiger partial charge in [0.1, 0.15) is 0 Å². The van der Waals surface area contributed by atoms with Gasteiger partial charge in [0, 0.05) is 43.0 Å². The Morgan fingerprint density at radius 1 is 1.53 bits per heavy atom. The number of aromatic nitrogens is 1. The summed E-state index contributed by atoms with van der Waals surface area (Å²) in [6.45, 7) is 1.40. The molecule has 2 heterocycles. The predicted octanol–water partition coefficient (Wildman–Crippen LogP) is 1.61. The van der Waals surface area contributed by atoms with Crippen LogP contribution in [0.2, 0.25) is 0 Å². The van der Waals surface area contributed by atoms with Crippen LogP contribution in [-0.4, -0.2) is 42.1 Å². The molecule has 2 aromatic rings. The number of ether oxygens (including phenoxy) is 1. The van der Waals surface area contributed by atoms with Crippen molar-refractivity contribution in [1.82, 2.24) is 9.88 Å². The largest absolute Gasteiger partial charge is 0.399 e. The van der Waals surface area contributed by atoms with E-state index >= 15 is 0 Å². The van der Waals surface area contributed by atoms with Crippen LogP contribution in [-0.2, 0) is 4.74 Å². The van der Waals surface area contributed by atoms with Crippen LogP contribution in [0.4, 0.5) is 5.69 Å². The lowest BCUT2D eigenvalue weighted by Crippen LogP contribution is -2.29. The molecule has 0 aliphatic carbocycles. The van der Waals surface area contributed by atoms with Gasteiger partial charge in [-0.15, -0.1) is 0 Å². The Bertz CT molecular complexity index is 620. The monoisotopic (exact) mass is 259 g/mol. The molecule has 1 atom stereocenters. The molecule has 0 radical (unpaired) electrons. The normalized spacial score (nSPS) is 19.2. The van der Waals surface area contributed by atoms with E-state index in [2.05, 4.69) is 4.98 Å². The Balaban J connectivity index is 1.92. The van der Waals surface area contributed by atoms with Gasteiger partial charge in [-0.25, -0.2) is 0 Å². The van der Waals surface area contributed by atoms with Gasteiger partial charge < -0.3 is 20.4 Å². The van der Waals surface area contributed by atoms with E-state index in [-0.39, 0.29) is 12.0 Å². The number of benzene rings is 1. The van der Waals surface area contributed by atoms with Crippen molar-refractivity contribution in [3.8, 4) is 0 Å². The standard InChI is InChI=1S/C14H17N3O2/c1-19-10-4-5-17(8-10)14(18)12-7-16-13-3-2-9(15)6-11(12)13/h2-3,6-7,10,16H,4-5,8,15H2,1H3. The lowest BCUT2D eigenvalue weighted by Gasteiger charge is -2.15. The molecule has 3 N–H and O–H groups in total. The summed E-state index contributed by atoms with van der Waals surface area (Å²) in [5.41, 5.74) is 8.06. The quantitative estimate of drug-likeness (QED) is 0.805. The van der Waals surface area contributed by atoms with E-state index in [1.54, 1.807) is 13.3 Å². The smallest absolute Gasteiger partial charge is 0.256 e. The van der Waals surface area contributed by atoms with Gasteiger partial charge in [0.05, 0.1) is 11.7 Å². The molecule has 1 aliphatic rings. The minimum absolute atomic E-state index is 0.0383. The molecule has 0 saturated carbocycles. The number of hydrogen-bond donors (Lipinski definition) is 2. The van der Waals surface area contributed by atoms with Crippen LogP contribution in [0.15, 0.2) is 24.4 Å². The number of hydrogen-bond acceptors (Lipinski definition) is 3. The van der Waals surface area contributed by atoms with Gasteiger partial charge in [0.2, 0.25) is 0 Å². The lowest BCUT2D eigenvalue weighted by atomic mass is 10.1. The van der Waals surface area contributed by atoms with E-state index < -0.39 is 0 Å². The van der Waals surface area contributed by atoms with Crippen LogP contribution in [0.1, 0.15) is 16.8 Å². The van der Waals surface area contributed by atoms with Gasteiger partial charge in [0.25, 0.3) is 5.91 Å². The molecule has 1 aromatic carbocycles. The Morgan fingerprint density at radius 3 is 3.11 bits per heavy atom. The molecule has 1 unspecified atom stereocenters. The van der Waals surface area contributed by atoms with Crippen LogP contribution < -0.4 is 5.73 Å². The Morgan fingerprint density at radius 2 is 2.37 bits per heavy atom. The fourth-order valence-corrected chi connectivity index (χ4v) is 2.59. The molecule has 1 aliphatic heterocycles. The van der Waals surface area contributed by atoms with E-state index in [9.17, 15) is 4.79 Å². The number of methoxy groups -OCH3 is 1. The second-order valence-electron chi connectivity index (χ2n) is 4.90. The topological polar surface area (TPSA) is 71.3 Å². The summed E-state index contributed by atoms with van der Waals surface area (Å²) < 4.78 is 5.29. The number of nitrogens with zero attached hydrogens (tertiary/aromatic N) is 1. The van der Waals surface area contributed by atoms with Gasteiger partial charge in [-0.2, -0.15) is 0 Å². The molecule has 1 amide bonds. The summed E-state index contributed by atoms with van der Waals surface area (Å²) in [6, 6.07) is 5.55. The van der Waals surface area contributed by atoms with Gasteiger partial charge >= 0.3 is 0 Å². The van der Waals surface area contributed by atoms with E-state index in [1.807, 2.05) is 23.1 Å². The van der Waals surface area contributed by atoms with Crippen molar-refractivity contribution in [2.45, 2.75) is 12.5 Å². The van der Waals surface area contributed by atoms with Crippen LogP contribution in [0.25, 0.3) is 10.9 Å². The number of rotatable bonds is 2. The number of carbonyl (C=O) groups excluding carboxylic acids is 1. The number of nitrogens with one attached hydrogen (secondary N) is 1. The summed E-state index contributed by atoms with van der Waals surface area (Å²) in [4.78, 5) is 17.4. The molecular formula is C14H17N3O2. The van der Waals surface area contributed by atoms with Crippen LogP contribution in [0.5, 0.6) is 0 Å². The molecule has 1 aromatic heterocycles. The van der Waals surface area contributed by atoms with Crippen molar-refractivity contribution in [2.24, 2.45) is 0 Å². The van der Waals surface area contributed by atoms with Crippen LogP contribution >= 0.6 is 0 Å². The van der Waals surface area contributed by atoms with Gasteiger partial charge in [-0.3, -0.25) is 4.79 Å². The highest BCUT2D eigenvalue weighted by atomic mass is 16.5. The van der Waals surface area contributed by atoms with Crippen molar-refractivity contribution < 1.29 is 9.53 Å². The summed E-state index contributed by atoms with van der Waals surface area (Å²) in [5, 5.41) is 0.880. The molecule has 1 saturated heterocycles. The number of anilines is 1. The summed E-state index contributed by atoms with van der Waals surface area (Å²) >= 11 is 0.